The third kappa shape index (κ3) is 2.79. The van der Waals surface area contributed by atoms with Gasteiger partial charge >= 0.3 is 0 Å². The Labute approximate surface area is 100 Å². The van der Waals surface area contributed by atoms with Crippen molar-refractivity contribution in [1.82, 2.24) is 0 Å². The summed E-state index contributed by atoms with van der Waals surface area (Å²) in [6, 6.07) is 5.40. The lowest BCUT2D eigenvalue weighted by Gasteiger charge is -2.18. The van der Waals surface area contributed by atoms with Crippen molar-refractivity contribution in [3.05, 3.63) is 28.8 Å². The molecule has 1 rings (SSSR count). The fourth-order valence-corrected chi connectivity index (χ4v) is 1.58. The molecule has 1 aromatic carbocycles. The van der Waals surface area contributed by atoms with Crippen LogP contribution < -0.4 is 11.1 Å². The monoisotopic (exact) mass is 241 g/mol. The molecular weight excluding hydrogens is 226 g/mol. The van der Waals surface area contributed by atoms with E-state index < -0.39 is 0 Å². The van der Waals surface area contributed by atoms with Gasteiger partial charge in [0.1, 0.15) is 0 Å². The van der Waals surface area contributed by atoms with Crippen LogP contribution in [0.5, 0.6) is 0 Å². The SMILES string of the molecule is CCC(Nc1cccc(Cl)c1C)C(N)=NO. The largest absolute Gasteiger partial charge is 0.409 e. The Hall–Kier alpha value is -1.42. The molecule has 88 valence electrons. The number of nitrogens with two attached hydrogens (primary N) is 1. The summed E-state index contributed by atoms with van der Waals surface area (Å²) < 4.78 is 0. The summed E-state index contributed by atoms with van der Waals surface area (Å²) in [5, 5.41) is 15.5. The van der Waals surface area contributed by atoms with Gasteiger partial charge in [-0.1, -0.05) is 29.7 Å². The van der Waals surface area contributed by atoms with Crippen LogP contribution in [0.25, 0.3) is 0 Å². The lowest BCUT2D eigenvalue weighted by Crippen LogP contribution is -2.35. The summed E-state index contributed by atoms with van der Waals surface area (Å²) in [6.45, 7) is 3.87. The molecule has 16 heavy (non-hydrogen) atoms. The van der Waals surface area contributed by atoms with E-state index in [1.807, 2.05) is 32.0 Å². The Bertz CT molecular complexity index is 393. The maximum Gasteiger partial charge on any atom is 0.161 e. The van der Waals surface area contributed by atoms with Crippen molar-refractivity contribution in [1.29, 1.82) is 0 Å². The number of nitrogens with zero attached hydrogens (tertiary/aromatic N) is 1. The summed E-state index contributed by atoms with van der Waals surface area (Å²) in [7, 11) is 0. The van der Waals surface area contributed by atoms with E-state index >= 15 is 0 Å². The number of halogens is 1. The van der Waals surface area contributed by atoms with Gasteiger partial charge in [-0.15, -0.1) is 0 Å². The highest BCUT2D eigenvalue weighted by Crippen LogP contribution is 2.23. The highest BCUT2D eigenvalue weighted by atomic mass is 35.5. The fourth-order valence-electron chi connectivity index (χ4n) is 1.41. The summed E-state index contributed by atoms with van der Waals surface area (Å²) in [5.41, 5.74) is 7.41. The van der Waals surface area contributed by atoms with Crippen molar-refractivity contribution in [3.8, 4) is 0 Å². The molecule has 1 unspecified atom stereocenters. The average Bonchev–Trinajstić information content (AvgIpc) is 2.30. The van der Waals surface area contributed by atoms with Gasteiger partial charge in [0.05, 0.1) is 6.04 Å². The zero-order valence-electron chi connectivity index (χ0n) is 9.37. The van der Waals surface area contributed by atoms with E-state index in [0.717, 1.165) is 17.7 Å². The van der Waals surface area contributed by atoms with Crippen LogP contribution in [0.3, 0.4) is 0 Å². The fraction of sp³-hybridized carbons (Fsp3) is 0.364. The van der Waals surface area contributed by atoms with Gasteiger partial charge in [-0.2, -0.15) is 0 Å². The van der Waals surface area contributed by atoms with Crippen molar-refractivity contribution in [3.63, 3.8) is 0 Å². The molecule has 0 fully saturated rings. The minimum atomic E-state index is -0.192. The summed E-state index contributed by atoms with van der Waals surface area (Å²) >= 11 is 6.00. The maximum absolute atomic E-state index is 8.64. The van der Waals surface area contributed by atoms with E-state index in [1.54, 1.807) is 0 Å². The zero-order valence-corrected chi connectivity index (χ0v) is 10.1. The highest BCUT2D eigenvalue weighted by molar-refractivity contribution is 6.31. The molecule has 4 nitrogen and oxygen atoms in total. The summed E-state index contributed by atoms with van der Waals surface area (Å²) in [5.74, 6) is 0.168. The van der Waals surface area contributed by atoms with Gasteiger partial charge in [-0.3, -0.25) is 0 Å². The lowest BCUT2D eigenvalue weighted by molar-refractivity contribution is 0.316. The first-order valence-corrected chi connectivity index (χ1v) is 5.47. The first kappa shape index (κ1) is 12.6. The van der Waals surface area contributed by atoms with Gasteiger partial charge in [-0.05, 0) is 31.0 Å². The molecular formula is C11H16ClN3O. The van der Waals surface area contributed by atoms with Gasteiger partial charge in [-0.25, -0.2) is 0 Å². The molecule has 0 saturated heterocycles. The van der Waals surface area contributed by atoms with E-state index in [9.17, 15) is 0 Å². The summed E-state index contributed by atoms with van der Waals surface area (Å²) in [6.07, 6.45) is 0.724. The van der Waals surface area contributed by atoms with Gasteiger partial charge < -0.3 is 16.3 Å². The van der Waals surface area contributed by atoms with Crippen molar-refractivity contribution < 1.29 is 5.21 Å². The third-order valence-corrected chi connectivity index (χ3v) is 2.89. The Kier molecular flexibility index (Phi) is 4.43. The predicted octanol–water partition coefficient (Wildman–Crippen LogP) is 2.59. The van der Waals surface area contributed by atoms with Crippen molar-refractivity contribution in [2.45, 2.75) is 26.3 Å². The maximum atomic E-state index is 8.64. The average molecular weight is 242 g/mol. The minimum Gasteiger partial charge on any atom is -0.409 e. The third-order valence-electron chi connectivity index (χ3n) is 2.48. The molecule has 0 radical (unpaired) electrons. The first-order chi connectivity index (χ1) is 7.60. The molecule has 0 aliphatic carbocycles. The lowest BCUT2D eigenvalue weighted by atomic mass is 10.1. The van der Waals surface area contributed by atoms with Crippen LogP contribution in [-0.4, -0.2) is 17.1 Å². The molecule has 0 aromatic heterocycles. The number of anilines is 1. The number of nitrogens with one attached hydrogen (secondary N) is 1. The number of amidine groups is 1. The Morgan fingerprint density at radius 1 is 1.62 bits per heavy atom. The molecule has 5 heteroatoms. The van der Waals surface area contributed by atoms with E-state index in [2.05, 4.69) is 10.5 Å². The summed E-state index contributed by atoms with van der Waals surface area (Å²) in [4.78, 5) is 0. The Morgan fingerprint density at radius 3 is 2.88 bits per heavy atom. The highest BCUT2D eigenvalue weighted by Gasteiger charge is 2.12. The van der Waals surface area contributed by atoms with E-state index in [0.29, 0.717) is 5.02 Å². The molecule has 0 bridgehead atoms. The van der Waals surface area contributed by atoms with E-state index in [-0.39, 0.29) is 11.9 Å². The van der Waals surface area contributed by atoms with Crippen LogP contribution in [0.2, 0.25) is 5.02 Å². The Morgan fingerprint density at radius 2 is 2.31 bits per heavy atom. The van der Waals surface area contributed by atoms with Crippen LogP contribution in [0.4, 0.5) is 5.69 Å². The van der Waals surface area contributed by atoms with Crippen LogP contribution in [0.15, 0.2) is 23.4 Å². The number of benzene rings is 1. The van der Waals surface area contributed by atoms with Crippen LogP contribution in [0.1, 0.15) is 18.9 Å². The molecule has 0 heterocycles. The number of hydrogen-bond donors (Lipinski definition) is 3. The molecule has 0 saturated carbocycles. The first-order valence-electron chi connectivity index (χ1n) is 5.09. The Balaban J connectivity index is 2.90. The topological polar surface area (TPSA) is 70.6 Å². The van der Waals surface area contributed by atoms with Crippen LogP contribution in [-0.2, 0) is 0 Å². The molecule has 4 N–H and O–H groups in total. The van der Waals surface area contributed by atoms with Gasteiger partial charge in [0.25, 0.3) is 0 Å². The predicted molar refractivity (Wildman–Crippen MR) is 67.3 cm³/mol. The van der Waals surface area contributed by atoms with Gasteiger partial charge in [0.2, 0.25) is 0 Å². The number of oxime groups is 1. The zero-order chi connectivity index (χ0) is 12.1. The number of rotatable bonds is 4. The van der Waals surface area contributed by atoms with Crippen LogP contribution in [0, 0.1) is 6.92 Å². The standard InChI is InChI=1S/C11H16ClN3O/c1-3-9(11(13)15-16)14-10-6-4-5-8(12)7(10)2/h4-6,9,14,16H,3H2,1-2H3,(H2,13,15). The normalized spacial score (nSPS) is 13.6. The van der Waals surface area contributed by atoms with Crippen molar-refractivity contribution >= 4 is 23.1 Å². The van der Waals surface area contributed by atoms with Gasteiger partial charge in [0, 0.05) is 10.7 Å². The molecule has 0 spiro atoms. The van der Waals surface area contributed by atoms with E-state index in [4.69, 9.17) is 22.5 Å². The molecule has 0 amide bonds. The molecule has 1 aromatic rings. The van der Waals surface area contributed by atoms with Crippen LogP contribution >= 0.6 is 11.6 Å². The second-order valence-electron chi connectivity index (χ2n) is 3.54. The smallest absolute Gasteiger partial charge is 0.161 e. The van der Waals surface area contributed by atoms with Crippen molar-refractivity contribution in [2.24, 2.45) is 10.9 Å². The van der Waals surface area contributed by atoms with Gasteiger partial charge in [0.15, 0.2) is 5.84 Å². The second kappa shape index (κ2) is 5.61. The van der Waals surface area contributed by atoms with Crippen molar-refractivity contribution in [2.75, 3.05) is 5.32 Å². The quantitative estimate of drug-likeness (QED) is 0.328. The molecule has 0 aliphatic heterocycles. The number of hydrogen-bond acceptors (Lipinski definition) is 3. The molecule has 0 aliphatic rings. The molecule has 1 atom stereocenters. The second-order valence-corrected chi connectivity index (χ2v) is 3.95. The minimum absolute atomic E-state index is 0.168. The van der Waals surface area contributed by atoms with E-state index in [1.165, 1.54) is 0 Å².